The van der Waals surface area contributed by atoms with E-state index < -0.39 is 11.0 Å². The molecule has 96 valence electrons. The summed E-state index contributed by atoms with van der Waals surface area (Å²) in [6, 6.07) is 0. The molecule has 1 N–H and O–H groups in total. The first-order valence-corrected chi connectivity index (χ1v) is 6.40. The Hall–Kier alpha value is -0.830. The van der Waals surface area contributed by atoms with Gasteiger partial charge in [-0.25, -0.2) is 0 Å². The van der Waals surface area contributed by atoms with Crippen molar-refractivity contribution in [2.24, 2.45) is 11.3 Å². The van der Waals surface area contributed by atoms with Crippen LogP contribution >= 0.6 is 0 Å². The molecule has 2 aliphatic carbocycles. The van der Waals surface area contributed by atoms with E-state index in [0.29, 0.717) is 5.76 Å². The van der Waals surface area contributed by atoms with E-state index in [2.05, 4.69) is 0 Å². The van der Waals surface area contributed by atoms with E-state index >= 15 is 0 Å². The summed E-state index contributed by atoms with van der Waals surface area (Å²) in [5.74, 6) is 0.497. The second-order valence-corrected chi connectivity index (χ2v) is 5.99. The molecule has 0 aromatic heterocycles. The predicted octanol–water partition coefficient (Wildman–Crippen LogP) is 2.44. The van der Waals surface area contributed by atoms with Gasteiger partial charge >= 0.3 is 0 Å². The van der Waals surface area contributed by atoms with E-state index in [0.717, 1.165) is 18.4 Å². The summed E-state index contributed by atoms with van der Waals surface area (Å²) in [5.41, 5.74) is -0.960. The first kappa shape index (κ1) is 12.6. The Morgan fingerprint density at radius 3 is 2.53 bits per heavy atom. The number of ether oxygens (including phenoxy) is 1. The fourth-order valence-electron chi connectivity index (χ4n) is 3.49. The van der Waals surface area contributed by atoms with Crippen LogP contribution in [0, 0.1) is 11.3 Å². The molecule has 0 saturated heterocycles. The van der Waals surface area contributed by atoms with E-state index in [1.807, 2.05) is 34.6 Å². The number of carbonyl (C=O) groups is 1. The van der Waals surface area contributed by atoms with Gasteiger partial charge in [-0.1, -0.05) is 6.92 Å². The van der Waals surface area contributed by atoms with Gasteiger partial charge in [0.05, 0.1) is 11.5 Å². The molecular weight excluding hydrogens is 216 g/mol. The van der Waals surface area contributed by atoms with Gasteiger partial charge in [-0.05, 0) is 46.5 Å². The van der Waals surface area contributed by atoms with Crippen LogP contribution in [0.15, 0.2) is 11.3 Å². The topological polar surface area (TPSA) is 46.5 Å². The first-order valence-electron chi connectivity index (χ1n) is 6.40. The van der Waals surface area contributed by atoms with Crippen LogP contribution in [0.25, 0.3) is 0 Å². The normalized spacial score (nSPS) is 41.4. The zero-order valence-corrected chi connectivity index (χ0v) is 11.3. The van der Waals surface area contributed by atoms with Crippen LogP contribution in [0.3, 0.4) is 0 Å². The maximum atomic E-state index is 12.5. The average molecular weight is 238 g/mol. The van der Waals surface area contributed by atoms with Crippen molar-refractivity contribution in [1.82, 2.24) is 0 Å². The third kappa shape index (κ3) is 1.35. The highest BCUT2D eigenvalue weighted by atomic mass is 16.5. The average Bonchev–Trinajstić information content (AvgIpc) is 2.56. The molecule has 0 spiro atoms. The summed E-state index contributed by atoms with van der Waals surface area (Å²) in [5, 5.41) is 10.9. The third-order valence-corrected chi connectivity index (χ3v) is 4.60. The van der Waals surface area contributed by atoms with Crippen LogP contribution in [0.1, 0.15) is 47.5 Å². The fraction of sp³-hybridized carbons (Fsp3) is 0.786. The lowest BCUT2D eigenvalue weighted by atomic mass is 9.72. The fourth-order valence-corrected chi connectivity index (χ4v) is 3.49. The summed E-state index contributed by atoms with van der Waals surface area (Å²) in [4.78, 5) is 12.5. The highest BCUT2D eigenvalue weighted by Crippen LogP contribution is 2.59. The second kappa shape index (κ2) is 3.58. The molecule has 3 atom stereocenters. The van der Waals surface area contributed by atoms with E-state index in [9.17, 15) is 9.90 Å². The molecule has 2 aliphatic rings. The molecule has 0 aliphatic heterocycles. The highest BCUT2D eigenvalue weighted by molar-refractivity contribution is 6.04. The van der Waals surface area contributed by atoms with Crippen LogP contribution in [-0.2, 0) is 9.53 Å². The van der Waals surface area contributed by atoms with Gasteiger partial charge < -0.3 is 9.84 Å². The molecule has 0 bridgehead atoms. The smallest absolute Gasteiger partial charge is 0.206 e. The maximum Gasteiger partial charge on any atom is 0.206 e. The third-order valence-electron chi connectivity index (χ3n) is 4.60. The Bertz CT molecular complexity index is 396. The first-order chi connectivity index (χ1) is 7.75. The van der Waals surface area contributed by atoms with Gasteiger partial charge in [0.15, 0.2) is 5.76 Å². The number of fused-ring (bicyclic) bond motifs is 1. The molecular formula is C14H22O3. The SMILES string of the molecule is CC1=C(OC(C)C)C(=O)[C@@]2(C)CCC(C)[C@@]12O. The highest BCUT2D eigenvalue weighted by Gasteiger charge is 2.66. The monoisotopic (exact) mass is 238 g/mol. The van der Waals surface area contributed by atoms with Crippen molar-refractivity contribution in [2.75, 3.05) is 0 Å². The maximum absolute atomic E-state index is 12.5. The van der Waals surface area contributed by atoms with Gasteiger partial charge in [-0.15, -0.1) is 0 Å². The zero-order valence-electron chi connectivity index (χ0n) is 11.3. The van der Waals surface area contributed by atoms with Crippen molar-refractivity contribution in [3.63, 3.8) is 0 Å². The lowest BCUT2D eigenvalue weighted by Gasteiger charge is -2.35. The Balaban J connectivity index is 2.50. The minimum Gasteiger partial charge on any atom is -0.487 e. The molecule has 0 aromatic rings. The van der Waals surface area contributed by atoms with E-state index in [1.165, 1.54) is 0 Å². The molecule has 1 fully saturated rings. The van der Waals surface area contributed by atoms with Gasteiger partial charge in [-0.3, -0.25) is 4.79 Å². The quantitative estimate of drug-likeness (QED) is 0.803. The number of allylic oxidation sites excluding steroid dienone is 1. The number of hydrogen-bond acceptors (Lipinski definition) is 3. The van der Waals surface area contributed by atoms with Crippen molar-refractivity contribution in [1.29, 1.82) is 0 Å². The van der Waals surface area contributed by atoms with Crippen molar-refractivity contribution in [3.05, 3.63) is 11.3 Å². The van der Waals surface area contributed by atoms with Crippen molar-refractivity contribution < 1.29 is 14.6 Å². The molecule has 0 heterocycles. The molecule has 1 saturated carbocycles. The number of rotatable bonds is 2. The van der Waals surface area contributed by atoms with Crippen LogP contribution in [0.4, 0.5) is 0 Å². The second-order valence-electron chi connectivity index (χ2n) is 5.99. The summed E-state index contributed by atoms with van der Waals surface area (Å²) in [6.07, 6.45) is 1.60. The summed E-state index contributed by atoms with van der Waals surface area (Å²) >= 11 is 0. The molecule has 1 unspecified atom stereocenters. The Labute approximate surface area is 103 Å². The summed E-state index contributed by atoms with van der Waals surface area (Å²) in [7, 11) is 0. The van der Waals surface area contributed by atoms with Gasteiger partial charge in [0.1, 0.15) is 5.60 Å². The molecule has 0 radical (unpaired) electrons. The molecule has 3 nitrogen and oxygen atoms in total. The minimum atomic E-state index is -1.01. The zero-order chi connectivity index (χ0) is 13.0. The van der Waals surface area contributed by atoms with E-state index in [1.54, 1.807) is 0 Å². The number of aliphatic hydroxyl groups is 1. The van der Waals surface area contributed by atoms with Crippen molar-refractivity contribution in [2.45, 2.75) is 59.2 Å². The number of hydrogen-bond donors (Lipinski definition) is 1. The molecule has 17 heavy (non-hydrogen) atoms. The van der Waals surface area contributed by atoms with Crippen LogP contribution in [-0.4, -0.2) is 22.6 Å². The van der Waals surface area contributed by atoms with Gasteiger partial charge in [0.25, 0.3) is 0 Å². The van der Waals surface area contributed by atoms with Gasteiger partial charge in [0, 0.05) is 5.57 Å². The van der Waals surface area contributed by atoms with Crippen LogP contribution in [0.2, 0.25) is 0 Å². The van der Waals surface area contributed by atoms with Crippen LogP contribution in [0.5, 0.6) is 0 Å². The van der Waals surface area contributed by atoms with Gasteiger partial charge in [0.2, 0.25) is 5.78 Å². The largest absolute Gasteiger partial charge is 0.487 e. The standard InChI is InChI=1S/C14H22O3/c1-8(2)17-11-10(4)14(16)9(3)6-7-13(14,5)12(11)15/h8-9,16H,6-7H2,1-5H3/t9?,13-,14-/m1/s1. The number of carbonyl (C=O) groups excluding carboxylic acids is 1. The molecule has 0 aromatic carbocycles. The molecule has 3 heteroatoms. The van der Waals surface area contributed by atoms with E-state index in [-0.39, 0.29) is 17.8 Å². The minimum absolute atomic E-state index is 0.0180. The van der Waals surface area contributed by atoms with Crippen molar-refractivity contribution >= 4 is 5.78 Å². The van der Waals surface area contributed by atoms with E-state index in [4.69, 9.17) is 4.74 Å². The lowest BCUT2D eigenvalue weighted by Crippen LogP contribution is -2.46. The molecule has 0 amide bonds. The Morgan fingerprint density at radius 2 is 2.06 bits per heavy atom. The summed E-state index contributed by atoms with van der Waals surface area (Å²) < 4.78 is 5.62. The van der Waals surface area contributed by atoms with Gasteiger partial charge in [-0.2, -0.15) is 0 Å². The molecule has 2 rings (SSSR count). The lowest BCUT2D eigenvalue weighted by molar-refractivity contribution is -0.135. The number of ketones is 1. The van der Waals surface area contributed by atoms with Crippen molar-refractivity contribution in [3.8, 4) is 0 Å². The van der Waals surface area contributed by atoms with Crippen LogP contribution < -0.4 is 0 Å². The predicted molar refractivity (Wildman–Crippen MR) is 65.4 cm³/mol. The Morgan fingerprint density at radius 1 is 1.47 bits per heavy atom. The summed E-state index contributed by atoms with van der Waals surface area (Å²) in [6.45, 7) is 9.52. The Kier molecular flexibility index (Phi) is 2.66. The number of Topliss-reactive ketones (excluding diaryl/α,β-unsaturated/α-hetero) is 1.